The average Bonchev–Trinajstić information content (AvgIpc) is 2.83. The zero-order chi connectivity index (χ0) is 31.3. The van der Waals surface area contributed by atoms with Crippen LogP contribution in [0.3, 0.4) is 0 Å². The number of hydrogen-bond acceptors (Lipinski definition) is 7. The van der Waals surface area contributed by atoms with Crippen molar-refractivity contribution in [3.05, 3.63) is 52.6 Å². The van der Waals surface area contributed by atoms with Crippen LogP contribution in [-0.2, 0) is 19.6 Å². The SMILES string of the molecule is Cc1cc(C)c(S(=O)(=O)Nc2ccc(N3CCN(CC(=O)N(C)C)CC3)cc2C(=O)O)c(C)c1.O=C(O)C(F)(F)F. The number of nitrogens with zero attached hydrogens (tertiary/aromatic N) is 3. The number of benzene rings is 2. The Hall–Kier alpha value is -3.85. The number of carbonyl (C=O) groups excluding carboxylic acids is 1. The lowest BCUT2D eigenvalue weighted by atomic mass is 10.1. The van der Waals surface area contributed by atoms with Crippen LogP contribution in [0.2, 0.25) is 0 Å². The van der Waals surface area contributed by atoms with Crippen molar-refractivity contribution in [2.75, 3.05) is 56.4 Å². The number of piperazine rings is 1. The maximum Gasteiger partial charge on any atom is 0.490 e. The molecule has 226 valence electrons. The molecule has 1 fully saturated rings. The maximum atomic E-state index is 13.1. The van der Waals surface area contributed by atoms with Crippen molar-refractivity contribution < 1.29 is 46.2 Å². The molecule has 0 aliphatic carbocycles. The lowest BCUT2D eigenvalue weighted by Crippen LogP contribution is -2.49. The molecule has 11 nitrogen and oxygen atoms in total. The Morgan fingerprint density at radius 3 is 1.90 bits per heavy atom. The highest BCUT2D eigenvalue weighted by Crippen LogP contribution is 2.29. The van der Waals surface area contributed by atoms with Crippen molar-refractivity contribution in [2.45, 2.75) is 31.8 Å². The molecule has 15 heteroatoms. The zero-order valence-electron chi connectivity index (χ0n) is 23.2. The van der Waals surface area contributed by atoms with Gasteiger partial charge in [-0.2, -0.15) is 13.2 Å². The highest BCUT2D eigenvalue weighted by molar-refractivity contribution is 7.92. The van der Waals surface area contributed by atoms with Gasteiger partial charge >= 0.3 is 18.1 Å². The topological polar surface area (TPSA) is 148 Å². The number of hydrogen-bond donors (Lipinski definition) is 3. The van der Waals surface area contributed by atoms with Crippen molar-refractivity contribution >= 4 is 39.2 Å². The van der Waals surface area contributed by atoms with Crippen LogP contribution in [0, 0.1) is 20.8 Å². The molecule has 3 N–H and O–H groups in total. The average molecular weight is 603 g/mol. The first-order valence-corrected chi connectivity index (χ1v) is 13.8. The number of amides is 1. The van der Waals surface area contributed by atoms with Crippen molar-refractivity contribution in [2.24, 2.45) is 0 Å². The smallest absolute Gasteiger partial charge is 0.478 e. The molecular formula is C26H33F3N4O7S. The first kappa shape index (κ1) is 33.4. The summed E-state index contributed by atoms with van der Waals surface area (Å²) in [6.45, 7) is 8.29. The van der Waals surface area contributed by atoms with E-state index in [4.69, 9.17) is 9.90 Å². The van der Waals surface area contributed by atoms with Gasteiger partial charge in [-0.3, -0.25) is 14.4 Å². The minimum absolute atomic E-state index is 0.0193. The molecule has 41 heavy (non-hydrogen) atoms. The molecule has 0 aromatic heterocycles. The van der Waals surface area contributed by atoms with Crippen molar-refractivity contribution in [3.63, 3.8) is 0 Å². The van der Waals surface area contributed by atoms with E-state index in [0.29, 0.717) is 49.5 Å². The maximum absolute atomic E-state index is 13.1. The molecule has 1 heterocycles. The second-order valence-electron chi connectivity index (χ2n) is 9.72. The number of carboxylic acids is 2. The van der Waals surface area contributed by atoms with Gasteiger partial charge in [0.15, 0.2) is 0 Å². The van der Waals surface area contributed by atoms with Crippen LogP contribution in [0.4, 0.5) is 24.5 Å². The summed E-state index contributed by atoms with van der Waals surface area (Å²) < 4.78 is 60.5. The molecule has 0 unspecified atom stereocenters. The van der Waals surface area contributed by atoms with Crippen LogP contribution in [0.25, 0.3) is 0 Å². The fraction of sp³-hybridized carbons (Fsp3) is 0.423. The summed E-state index contributed by atoms with van der Waals surface area (Å²) >= 11 is 0. The Balaban J connectivity index is 0.000000745. The van der Waals surface area contributed by atoms with E-state index in [1.165, 1.54) is 12.1 Å². The minimum Gasteiger partial charge on any atom is -0.478 e. The van der Waals surface area contributed by atoms with Crippen LogP contribution in [0.15, 0.2) is 35.2 Å². The summed E-state index contributed by atoms with van der Waals surface area (Å²) in [4.78, 5) is 38.6. The van der Waals surface area contributed by atoms with E-state index in [-0.39, 0.29) is 22.1 Å². The Bertz CT molecular complexity index is 1380. The Morgan fingerprint density at radius 2 is 1.46 bits per heavy atom. The second-order valence-corrected chi connectivity index (χ2v) is 11.3. The quantitative estimate of drug-likeness (QED) is 0.435. The van der Waals surface area contributed by atoms with E-state index in [2.05, 4.69) is 9.62 Å². The van der Waals surface area contributed by atoms with Crippen molar-refractivity contribution in [3.8, 4) is 0 Å². The number of carboxylic acid groups (broad SMARTS) is 2. The fourth-order valence-corrected chi connectivity index (χ4v) is 5.81. The van der Waals surface area contributed by atoms with Crippen molar-refractivity contribution in [1.82, 2.24) is 9.80 Å². The van der Waals surface area contributed by atoms with E-state index >= 15 is 0 Å². The molecule has 1 aliphatic heterocycles. The summed E-state index contributed by atoms with van der Waals surface area (Å²) in [6.07, 6.45) is -5.08. The zero-order valence-corrected chi connectivity index (χ0v) is 24.1. The van der Waals surface area contributed by atoms with Gasteiger partial charge in [0.25, 0.3) is 10.0 Å². The number of anilines is 2. The van der Waals surface area contributed by atoms with E-state index in [0.717, 1.165) is 5.56 Å². The van der Waals surface area contributed by atoms with Crippen LogP contribution in [0.5, 0.6) is 0 Å². The van der Waals surface area contributed by atoms with Gasteiger partial charge < -0.3 is 20.0 Å². The lowest BCUT2D eigenvalue weighted by Gasteiger charge is -2.36. The molecule has 0 spiro atoms. The molecule has 0 saturated carbocycles. The van der Waals surface area contributed by atoms with E-state index in [9.17, 15) is 36.3 Å². The number of rotatable bonds is 7. The largest absolute Gasteiger partial charge is 0.490 e. The highest BCUT2D eigenvalue weighted by Gasteiger charge is 2.38. The summed E-state index contributed by atoms with van der Waals surface area (Å²) in [5.41, 5.74) is 2.75. The Kier molecular flexibility index (Phi) is 10.7. The number of nitrogens with one attached hydrogen (secondary N) is 1. The molecule has 1 amide bonds. The lowest BCUT2D eigenvalue weighted by molar-refractivity contribution is -0.192. The first-order valence-electron chi connectivity index (χ1n) is 12.3. The van der Waals surface area contributed by atoms with Crippen LogP contribution in [-0.4, -0.2) is 99.3 Å². The number of sulfonamides is 1. The number of aromatic carboxylic acids is 1. The van der Waals surface area contributed by atoms with E-state index in [1.807, 2.05) is 11.8 Å². The third-order valence-electron chi connectivity index (χ3n) is 6.19. The molecular weight excluding hydrogens is 569 g/mol. The fourth-order valence-electron chi connectivity index (χ4n) is 4.28. The third-order valence-corrected chi connectivity index (χ3v) is 7.86. The number of alkyl halides is 3. The number of aliphatic carboxylic acids is 1. The molecule has 0 radical (unpaired) electrons. The molecule has 2 aromatic carbocycles. The van der Waals surface area contributed by atoms with Gasteiger partial charge in [0.1, 0.15) is 0 Å². The predicted molar refractivity (Wildman–Crippen MR) is 146 cm³/mol. The highest BCUT2D eigenvalue weighted by atomic mass is 32.2. The Labute approximate surface area is 236 Å². The van der Waals surface area contributed by atoms with Gasteiger partial charge in [0, 0.05) is 46.0 Å². The predicted octanol–water partition coefficient (Wildman–Crippen LogP) is 2.95. The van der Waals surface area contributed by atoms with Gasteiger partial charge in [-0.05, 0) is 50.1 Å². The van der Waals surface area contributed by atoms with Crippen LogP contribution >= 0.6 is 0 Å². The van der Waals surface area contributed by atoms with Gasteiger partial charge in [-0.25, -0.2) is 18.0 Å². The van der Waals surface area contributed by atoms with Crippen LogP contribution in [0.1, 0.15) is 27.0 Å². The molecule has 1 aliphatic rings. The molecule has 0 atom stereocenters. The van der Waals surface area contributed by atoms with E-state index < -0.39 is 28.1 Å². The van der Waals surface area contributed by atoms with Gasteiger partial charge in [0.05, 0.1) is 22.7 Å². The van der Waals surface area contributed by atoms with Gasteiger partial charge in [-0.15, -0.1) is 0 Å². The van der Waals surface area contributed by atoms with Crippen molar-refractivity contribution in [1.29, 1.82) is 0 Å². The van der Waals surface area contributed by atoms with Gasteiger partial charge in [0.2, 0.25) is 5.91 Å². The van der Waals surface area contributed by atoms with E-state index in [1.54, 1.807) is 51.0 Å². The normalized spacial score (nSPS) is 14.1. The number of aryl methyl sites for hydroxylation is 3. The number of likely N-dealkylation sites (N-methyl/N-ethyl adjacent to an activating group) is 1. The molecule has 1 saturated heterocycles. The summed E-state index contributed by atoms with van der Waals surface area (Å²) in [6, 6.07) is 8.29. The number of halogens is 3. The summed E-state index contributed by atoms with van der Waals surface area (Å²) in [5.74, 6) is -3.93. The Morgan fingerprint density at radius 1 is 0.951 bits per heavy atom. The molecule has 0 bridgehead atoms. The summed E-state index contributed by atoms with van der Waals surface area (Å²) in [5, 5.41) is 16.9. The summed E-state index contributed by atoms with van der Waals surface area (Å²) in [7, 11) is -0.530. The van der Waals surface area contributed by atoms with Crippen LogP contribution < -0.4 is 9.62 Å². The molecule has 2 aromatic rings. The van der Waals surface area contributed by atoms with Gasteiger partial charge in [-0.1, -0.05) is 17.7 Å². The number of carbonyl (C=O) groups is 3. The standard InChI is InChI=1S/C24H32N4O5S.C2HF3O2/c1-16-12-17(2)23(18(3)13-16)34(32,33)25-21-7-6-19(14-20(21)24(30)31)28-10-8-27(9-11-28)15-22(29)26(4)5;3-2(4,5)1(6)7/h6-7,12-14,25H,8-11,15H2,1-5H3,(H,30,31);(H,6,7). The monoisotopic (exact) mass is 602 g/mol. The first-order chi connectivity index (χ1) is 18.8. The second kappa shape index (κ2) is 13.2. The third kappa shape index (κ3) is 9.08. The minimum atomic E-state index is -5.08. The molecule has 3 rings (SSSR count).